The van der Waals surface area contributed by atoms with Crippen molar-refractivity contribution in [3.63, 3.8) is 0 Å². The molecule has 1 amide bonds. The molecule has 0 saturated heterocycles. The van der Waals surface area contributed by atoms with Crippen molar-refractivity contribution in [2.24, 2.45) is 5.16 Å². The minimum atomic E-state index is -2.88. The highest BCUT2D eigenvalue weighted by atomic mass is 19.3. The second kappa shape index (κ2) is 7.88. The van der Waals surface area contributed by atoms with Crippen LogP contribution < -0.4 is 10.1 Å². The first-order chi connectivity index (χ1) is 11.1. The van der Waals surface area contributed by atoms with Crippen LogP contribution in [0, 0.1) is 0 Å². The molecule has 0 aliphatic carbocycles. The monoisotopic (exact) mass is 320 g/mol. The van der Waals surface area contributed by atoms with E-state index >= 15 is 0 Å². The molecule has 2 rings (SSSR count). The number of ether oxygens (including phenoxy) is 1. The smallest absolute Gasteiger partial charge is 0.387 e. The lowest BCUT2D eigenvalue weighted by atomic mass is 10.1. The fourth-order valence-corrected chi connectivity index (χ4v) is 1.76. The van der Waals surface area contributed by atoms with E-state index in [1.54, 1.807) is 24.3 Å². The maximum atomic E-state index is 12.1. The summed E-state index contributed by atoms with van der Waals surface area (Å²) in [6, 6.07) is 12.4. The summed E-state index contributed by atoms with van der Waals surface area (Å²) in [5.41, 5.74) is 1.71. The number of nitrogens with zero attached hydrogens (tertiary/aromatic N) is 1. The Morgan fingerprint density at radius 3 is 2.35 bits per heavy atom. The number of amides is 1. The number of rotatable bonds is 6. The Labute approximate surface area is 131 Å². The minimum Gasteiger partial charge on any atom is -0.435 e. The van der Waals surface area contributed by atoms with Gasteiger partial charge >= 0.3 is 6.61 Å². The molecule has 0 radical (unpaired) electrons. The minimum absolute atomic E-state index is 0.0276. The van der Waals surface area contributed by atoms with Gasteiger partial charge in [0.2, 0.25) is 0 Å². The summed E-state index contributed by atoms with van der Waals surface area (Å²) < 4.78 is 28.3. The normalized spacial score (nSPS) is 10.8. The van der Waals surface area contributed by atoms with Crippen molar-refractivity contribution in [2.75, 3.05) is 12.4 Å². The molecule has 0 atom stereocenters. The molecule has 0 heterocycles. The van der Waals surface area contributed by atoms with Crippen LogP contribution in [0.25, 0.3) is 0 Å². The van der Waals surface area contributed by atoms with E-state index in [1.807, 2.05) is 0 Å². The molecule has 0 aliphatic rings. The van der Waals surface area contributed by atoms with E-state index in [9.17, 15) is 13.6 Å². The lowest BCUT2D eigenvalue weighted by Gasteiger charge is -2.07. The molecular weight excluding hydrogens is 306 g/mol. The zero-order chi connectivity index (χ0) is 16.7. The molecule has 0 aromatic heterocycles. The molecule has 0 aliphatic heterocycles. The number of halogens is 2. The van der Waals surface area contributed by atoms with Gasteiger partial charge in [-0.3, -0.25) is 4.79 Å². The van der Waals surface area contributed by atoms with E-state index in [1.165, 1.54) is 37.6 Å². The van der Waals surface area contributed by atoms with Crippen LogP contribution in [0.5, 0.6) is 5.75 Å². The largest absolute Gasteiger partial charge is 0.435 e. The van der Waals surface area contributed by atoms with Crippen molar-refractivity contribution >= 4 is 17.8 Å². The SMILES string of the molecule is CO/N=C/c1ccc(C(=O)Nc2ccc(OC(F)F)cc2)cc1. The Kier molecular flexibility index (Phi) is 5.62. The zero-order valence-corrected chi connectivity index (χ0v) is 12.2. The number of oxime groups is 1. The lowest BCUT2D eigenvalue weighted by Crippen LogP contribution is -2.11. The number of carbonyl (C=O) groups is 1. The molecule has 0 saturated carbocycles. The van der Waals surface area contributed by atoms with Crippen LogP contribution >= 0.6 is 0 Å². The van der Waals surface area contributed by atoms with Gasteiger partial charge in [-0.2, -0.15) is 8.78 Å². The van der Waals surface area contributed by atoms with E-state index in [0.29, 0.717) is 11.3 Å². The molecular formula is C16H14F2N2O3. The highest BCUT2D eigenvalue weighted by Crippen LogP contribution is 2.18. The van der Waals surface area contributed by atoms with Gasteiger partial charge in [0, 0.05) is 11.3 Å². The summed E-state index contributed by atoms with van der Waals surface area (Å²) in [4.78, 5) is 16.7. The number of hydrogen-bond acceptors (Lipinski definition) is 4. The predicted molar refractivity (Wildman–Crippen MR) is 82.1 cm³/mol. The van der Waals surface area contributed by atoms with Crippen LogP contribution in [0.3, 0.4) is 0 Å². The Morgan fingerprint density at radius 2 is 1.78 bits per heavy atom. The molecule has 0 bridgehead atoms. The third-order valence-corrected chi connectivity index (χ3v) is 2.82. The first kappa shape index (κ1) is 16.4. The van der Waals surface area contributed by atoms with E-state index in [0.717, 1.165) is 5.56 Å². The van der Waals surface area contributed by atoms with Gasteiger partial charge in [-0.25, -0.2) is 0 Å². The second-order valence-corrected chi connectivity index (χ2v) is 4.40. The average molecular weight is 320 g/mol. The molecule has 5 nitrogen and oxygen atoms in total. The lowest BCUT2D eigenvalue weighted by molar-refractivity contribution is -0.0498. The van der Waals surface area contributed by atoms with Crippen molar-refractivity contribution in [3.05, 3.63) is 59.7 Å². The number of benzene rings is 2. The van der Waals surface area contributed by atoms with Gasteiger partial charge in [0.1, 0.15) is 12.9 Å². The number of hydrogen-bond donors (Lipinski definition) is 1. The maximum absolute atomic E-state index is 12.1. The molecule has 7 heteroatoms. The molecule has 2 aromatic carbocycles. The highest BCUT2D eigenvalue weighted by Gasteiger charge is 2.07. The third kappa shape index (κ3) is 5.06. The summed E-state index contributed by atoms with van der Waals surface area (Å²) in [6.45, 7) is -2.88. The Balaban J connectivity index is 1.99. The van der Waals surface area contributed by atoms with Crippen LogP contribution in [-0.2, 0) is 4.84 Å². The summed E-state index contributed by atoms with van der Waals surface area (Å²) in [5, 5.41) is 6.28. The average Bonchev–Trinajstić information content (AvgIpc) is 2.54. The standard InChI is InChI=1S/C16H14F2N2O3/c1-22-19-10-11-2-4-12(5-3-11)15(21)20-13-6-8-14(9-7-13)23-16(17)18/h2-10,16H,1H3,(H,20,21)/b19-10+. The quantitative estimate of drug-likeness (QED) is 0.654. The molecule has 0 unspecified atom stereocenters. The fourth-order valence-electron chi connectivity index (χ4n) is 1.76. The van der Waals surface area contributed by atoms with Gasteiger partial charge in [-0.15, -0.1) is 0 Å². The second-order valence-electron chi connectivity index (χ2n) is 4.40. The first-order valence-electron chi connectivity index (χ1n) is 6.61. The Hall–Kier alpha value is -2.96. The summed E-state index contributed by atoms with van der Waals surface area (Å²) in [7, 11) is 1.44. The maximum Gasteiger partial charge on any atom is 0.387 e. The van der Waals surface area contributed by atoms with Crippen LogP contribution in [0.2, 0.25) is 0 Å². The molecule has 2 aromatic rings. The van der Waals surface area contributed by atoms with Gasteiger partial charge in [0.25, 0.3) is 5.91 Å². The van der Waals surface area contributed by atoms with Crippen molar-refractivity contribution < 1.29 is 23.1 Å². The Bertz CT molecular complexity index is 671. The van der Waals surface area contributed by atoms with Gasteiger partial charge < -0.3 is 14.9 Å². The topological polar surface area (TPSA) is 59.9 Å². The van der Waals surface area contributed by atoms with Crippen molar-refractivity contribution in [3.8, 4) is 5.75 Å². The number of anilines is 1. The fraction of sp³-hybridized carbons (Fsp3) is 0.125. The van der Waals surface area contributed by atoms with Crippen LogP contribution in [0.15, 0.2) is 53.7 Å². The van der Waals surface area contributed by atoms with Gasteiger partial charge in [0.15, 0.2) is 0 Å². The van der Waals surface area contributed by atoms with Crippen LogP contribution in [-0.4, -0.2) is 25.8 Å². The van der Waals surface area contributed by atoms with E-state index in [-0.39, 0.29) is 11.7 Å². The van der Waals surface area contributed by atoms with E-state index in [2.05, 4.69) is 20.0 Å². The van der Waals surface area contributed by atoms with Crippen molar-refractivity contribution in [2.45, 2.75) is 6.61 Å². The summed E-state index contributed by atoms with van der Waals surface area (Å²) in [6.07, 6.45) is 1.52. The molecule has 0 fully saturated rings. The Morgan fingerprint density at radius 1 is 1.13 bits per heavy atom. The van der Waals surface area contributed by atoms with Gasteiger partial charge in [-0.05, 0) is 42.0 Å². The van der Waals surface area contributed by atoms with E-state index < -0.39 is 6.61 Å². The molecule has 23 heavy (non-hydrogen) atoms. The van der Waals surface area contributed by atoms with Crippen molar-refractivity contribution in [1.29, 1.82) is 0 Å². The summed E-state index contributed by atoms with van der Waals surface area (Å²) in [5.74, 6) is -0.289. The molecule has 0 spiro atoms. The van der Waals surface area contributed by atoms with Crippen LogP contribution in [0.1, 0.15) is 15.9 Å². The third-order valence-electron chi connectivity index (χ3n) is 2.82. The number of alkyl halides is 2. The van der Waals surface area contributed by atoms with Crippen molar-refractivity contribution in [1.82, 2.24) is 0 Å². The summed E-state index contributed by atoms with van der Waals surface area (Å²) >= 11 is 0. The molecule has 1 N–H and O–H groups in total. The van der Waals surface area contributed by atoms with Gasteiger partial charge in [0.05, 0.1) is 6.21 Å². The van der Waals surface area contributed by atoms with Gasteiger partial charge in [-0.1, -0.05) is 17.3 Å². The first-order valence-corrected chi connectivity index (χ1v) is 6.61. The van der Waals surface area contributed by atoms with Crippen LogP contribution in [0.4, 0.5) is 14.5 Å². The van der Waals surface area contributed by atoms with E-state index in [4.69, 9.17) is 0 Å². The number of carbonyl (C=O) groups excluding carboxylic acids is 1. The highest BCUT2D eigenvalue weighted by molar-refractivity contribution is 6.04. The molecule has 120 valence electrons. The zero-order valence-electron chi connectivity index (χ0n) is 12.2. The number of nitrogens with one attached hydrogen (secondary N) is 1. The predicted octanol–water partition coefficient (Wildman–Crippen LogP) is 3.52.